The van der Waals surface area contributed by atoms with E-state index in [4.69, 9.17) is 19.9 Å². The molecule has 0 spiro atoms. The summed E-state index contributed by atoms with van der Waals surface area (Å²) in [5.74, 6) is 2.17. The van der Waals surface area contributed by atoms with Gasteiger partial charge in [0.25, 0.3) is 0 Å². The van der Waals surface area contributed by atoms with E-state index in [1.807, 2.05) is 24.3 Å². The normalized spacial score (nSPS) is 12.0. The Morgan fingerprint density at radius 3 is 2.57 bits per heavy atom. The molecule has 1 atom stereocenters. The fraction of sp³-hybridized carbons (Fsp3) is 0.368. The Balaban J connectivity index is 2.11. The van der Waals surface area contributed by atoms with Crippen molar-refractivity contribution in [1.29, 1.82) is 0 Å². The summed E-state index contributed by atoms with van der Waals surface area (Å²) in [6.45, 7) is 2.08. The molecule has 0 aliphatic heterocycles. The van der Waals surface area contributed by atoms with Crippen LogP contribution in [0.2, 0.25) is 0 Å². The standard InChI is InChI=1S/C19H25NO3/c1-14(21-2)7-6-9-15-8-4-5-10-18(15)23-19-13-16(22-3)11-12-17(19)20/h4-5,8,10-14H,6-7,9,20H2,1-3H3. The van der Waals surface area contributed by atoms with Gasteiger partial charge in [-0.2, -0.15) is 0 Å². The minimum atomic E-state index is 0.275. The minimum Gasteiger partial charge on any atom is -0.497 e. The zero-order valence-corrected chi connectivity index (χ0v) is 14.0. The Morgan fingerprint density at radius 1 is 1.04 bits per heavy atom. The van der Waals surface area contributed by atoms with Gasteiger partial charge < -0.3 is 19.9 Å². The van der Waals surface area contributed by atoms with Crippen LogP contribution in [0.25, 0.3) is 0 Å². The van der Waals surface area contributed by atoms with Crippen molar-refractivity contribution in [2.24, 2.45) is 0 Å². The van der Waals surface area contributed by atoms with Crippen LogP contribution in [0.3, 0.4) is 0 Å². The van der Waals surface area contributed by atoms with Gasteiger partial charge >= 0.3 is 0 Å². The molecule has 0 radical (unpaired) electrons. The molecule has 0 heterocycles. The van der Waals surface area contributed by atoms with E-state index >= 15 is 0 Å². The summed E-state index contributed by atoms with van der Waals surface area (Å²) < 4.78 is 16.6. The van der Waals surface area contributed by atoms with Gasteiger partial charge in [-0.25, -0.2) is 0 Å². The summed E-state index contributed by atoms with van der Waals surface area (Å²) >= 11 is 0. The first-order valence-electron chi connectivity index (χ1n) is 7.86. The van der Waals surface area contributed by atoms with E-state index in [0.29, 0.717) is 11.4 Å². The molecular formula is C19H25NO3. The highest BCUT2D eigenvalue weighted by molar-refractivity contribution is 5.57. The van der Waals surface area contributed by atoms with E-state index in [-0.39, 0.29) is 6.10 Å². The van der Waals surface area contributed by atoms with E-state index < -0.39 is 0 Å². The quantitative estimate of drug-likeness (QED) is 0.732. The number of hydrogen-bond acceptors (Lipinski definition) is 4. The number of rotatable bonds is 8. The molecule has 2 aromatic carbocycles. The Labute approximate surface area is 138 Å². The van der Waals surface area contributed by atoms with Crippen LogP contribution in [0, 0.1) is 0 Å². The lowest BCUT2D eigenvalue weighted by molar-refractivity contribution is 0.109. The van der Waals surface area contributed by atoms with Crippen LogP contribution in [0.4, 0.5) is 5.69 Å². The molecule has 0 amide bonds. The van der Waals surface area contributed by atoms with E-state index in [1.54, 1.807) is 26.4 Å². The number of nitrogen functional groups attached to an aromatic ring is 1. The second-order valence-electron chi connectivity index (χ2n) is 5.55. The summed E-state index contributed by atoms with van der Waals surface area (Å²) in [5, 5.41) is 0. The van der Waals surface area contributed by atoms with Crippen molar-refractivity contribution in [3.8, 4) is 17.2 Å². The van der Waals surface area contributed by atoms with Crippen LogP contribution in [0.5, 0.6) is 17.2 Å². The van der Waals surface area contributed by atoms with E-state index in [0.717, 1.165) is 36.3 Å². The van der Waals surface area contributed by atoms with Gasteiger partial charge in [-0.15, -0.1) is 0 Å². The molecular weight excluding hydrogens is 290 g/mol. The predicted octanol–water partition coefficient (Wildman–Crippen LogP) is 4.43. The third kappa shape index (κ3) is 4.89. The third-order valence-electron chi connectivity index (χ3n) is 3.87. The largest absolute Gasteiger partial charge is 0.497 e. The first-order chi connectivity index (χ1) is 11.1. The second-order valence-corrected chi connectivity index (χ2v) is 5.55. The summed E-state index contributed by atoms with van der Waals surface area (Å²) in [6.07, 6.45) is 3.28. The molecule has 23 heavy (non-hydrogen) atoms. The van der Waals surface area contributed by atoms with Gasteiger partial charge in [0.05, 0.1) is 18.9 Å². The maximum Gasteiger partial charge on any atom is 0.154 e. The Bertz CT molecular complexity index is 628. The molecule has 1 unspecified atom stereocenters. The smallest absolute Gasteiger partial charge is 0.154 e. The molecule has 4 heteroatoms. The van der Waals surface area contributed by atoms with Crippen molar-refractivity contribution < 1.29 is 14.2 Å². The van der Waals surface area contributed by atoms with Gasteiger partial charge in [0.1, 0.15) is 11.5 Å². The van der Waals surface area contributed by atoms with Crippen LogP contribution >= 0.6 is 0 Å². The molecule has 0 aliphatic carbocycles. The molecule has 0 saturated heterocycles. The lowest BCUT2D eigenvalue weighted by Gasteiger charge is -2.14. The lowest BCUT2D eigenvalue weighted by atomic mass is 10.1. The average molecular weight is 315 g/mol. The zero-order chi connectivity index (χ0) is 16.7. The second kappa shape index (κ2) is 8.44. The molecule has 124 valence electrons. The average Bonchev–Trinajstić information content (AvgIpc) is 2.58. The number of anilines is 1. The fourth-order valence-electron chi connectivity index (χ4n) is 2.36. The van der Waals surface area contributed by atoms with Gasteiger partial charge in [-0.05, 0) is 49.9 Å². The third-order valence-corrected chi connectivity index (χ3v) is 3.87. The van der Waals surface area contributed by atoms with Crippen LogP contribution in [0.1, 0.15) is 25.3 Å². The summed E-state index contributed by atoms with van der Waals surface area (Å²) in [4.78, 5) is 0. The highest BCUT2D eigenvalue weighted by Gasteiger charge is 2.09. The number of hydrogen-bond donors (Lipinski definition) is 1. The van der Waals surface area contributed by atoms with Crippen molar-refractivity contribution in [2.75, 3.05) is 20.0 Å². The zero-order valence-electron chi connectivity index (χ0n) is 14.0. The van der Waals surface area contributed by atoms with Crippen LogP contribution in [-0.4, -0.2) is 20.3 Å². The van der Waals surface area contributed by atoms with Crippen molar-refractivity contribution in [3.63, 3.8) is 0 Å². The van der Waals surface area contributed by atoms with E-state index in [1.165, 1.54) is 0 Å². The van der Waals surface area contributed by atoms with Crippen molar-refractivity contribution in [3.05, 3.63) is 48.0 Å². The molecule has 0 saturated carbocycles. The van der Waals surface area contributed by atoms with Gasteiger partial charge in [0.15, 0.2) is 5.75 Å². The maximum absolute atomic E-state index is 6.03. The van der Waals surface area contributed by atoms with Crippen molar-refractivity contribution in [2.45, 2.75) is 32.3 Å². The molecule has 2 aromatic rings. The molecule has 2 rings (SSSR count). The number of methoxy groups -OCH3 is 2. The first-order valence-corrected chi connectivity index (χ1v) is 7.86. The van der Waals surface area contributed by atoms with Crippen LogP contribution in [-0.2, 0) is 11.2 Å². The molecule has 2 N–H and O–H groups in total. The lowest BCUT2D eigenvalue weighted by Crippen LogP contribution is -2.05. The van der Waals surface area contributed by atoms with Crippen LogP contribution in [0.15, 0.2) is 42.5 Å². The SMILES string of the molecule is COc1ccc(N)c(Oc2ccccc2CCCC(C)OC)c1. The molecule has 0 fully saturated rings. The van der Waals surface area contributed by atoms with Crippen LogP contribution < -0.4 is 15.2 Å². The van der Waals surface area contributed by atoms with Gasteiger partial charge in [0, 0.05) is 13.2 Å². The Kier molecular flexibility index (Phi) is 6.29. The van der Waals surface area contributed by atoms with E-state index in [9.17, 15) is 0 Å². The number of aryl methyl sites for hydroxylation is 1. The Morgan fingerprint density at radius 2 is 1.83 bits per heavy atom. The fourth-order valence-corrected chi connectivity index (χ4v) is 2.36. The first kappa shape index (κ1) is 17.2. The topological polar surface area (TPSA) is 53.7 Å². The van der Waals surface area contributed by atoms with Gasteiger partial charge in [0.2, 0.25) is 0 Å². The summed E-state index contributed by atoms with van der Waals surface area (Å²) in [5.41, 5.74) is 7.76. The van der Waals surface area contributed by atoms with E-state index in [2.05, 4.69) is 13.0 Å². The monoisotopic (exact) mass is 315 g/mol. The number of para-hydroxylation sites is 1. The highest BCUT2D eigenvalue weighted by atomic mass is 16.5. The molecule has 0 aliphatic rings. The Hall–Kier alpha value is -2.20. The van der Waals surface area contributed by atoms with Crippen molar-refractivity contribution >= 4 is 5.69 Å². The predicted molar refractivity (Wildman–Crippen MR) is 93.3 cm³/mol. The number of nitrogens with two attached hydrogens (primary N) is 1. The van der Waals surface area contributed by atoms with Gasteiger partial charge in [-0.1, -0.05) is 18.2 Å². The minimum absolute atomic E-state index is 0.275. The summed E-state index contributed by atoms with van der Waals surface area (Å²) in [7, 11) is 3.37. The molecule has 4 nitrogen and oxygen atoms in total. The molecule has 0 aromatic heterocycles. The highest BCUT2D eigenvalue weighted by Crippen LogP contribution is 2.33. The molecule has 0 bridgehead atoms. The number of benzene rings is 2. The maximum atomic E-state index is 6.03. The van der Waals surface area contributed by atoms with Gasteiger partial charge in [-0.3, -0.25) is 0 Å². The summed E-state index contributed by atoms with van der Waals surface area (Å²) in [6, 6.07) is 13.5. The van der Waals surface area contributed by atoms with Crippen molar-refractivity contribution in [1.82, 2.24) is 0 Å². The number of ether oxygens (including phenoxy) is 3.